The standard InChI is InChI=1S/C19H23N3O5/c1-25-15-12-14(13-16(26-2)19(15)27-3)7-8-17(23)20-9-5-11-22-18(24)6-4-10-21-22/h4,6-8,10,12-13H,5,9,11H2,1-3H3,(H,20,23). The molecule has 0 aliphatic carbocycles. The molecule has 2 aromatic rings. The number of aromatic nitrogens is 2. The zero-order chi connectivity index (χ0) is 19.6. The molecule has 1 N–H and O–H groups in total. The van der Waals surface area contributed by atoms with Gasteiger partial charge in [-0.2, -0.15) is 5.10 Å². The Balaban J connectivity index is 1.90. The van der Waals surface area contributed by atoms with Crippen LogP contribution in [0.4, 0.5) is 0 Å². The normalized spacial score (nSPS) is 10.6. The highest BCUT2D eigenvalue weighted by Crippen LogP contribution is 2.38. The Labute approximate surface area is 157 Å². The molecule has 0 unspecified atom stereocenters. The largest absolute Gasteiger partial charge is 0.493 e. The fourth-order valence-corrected chi connectivity index (χ4v) is 2.42. The molecule has 0 atom stereocenters. The molecule has 0 saturated heterocycles. The number of benzene rings is 1. The lowest BCUT2D eigenvalue weighted by molar-refractivity contribution is -0.116. The van der Waals surface area contributed by atoms with Crippen molar-refractivity contribution in [2.24, 2.45) is 0 Å². The maximum absolute atomic E-state index is 12.0. The Morgan fingerprint density at radius 2 is 1.89 bits per heavy atom. The molecule has 0 aliphatic rings. The van der Waals surface area contributed by atoms with Crippen LogP contribution in [0.25, 0.3) is 6.08 Å². The van der Waals surface area contributed by atoms with E-state index in [2.05, 4.69) is 10.4 Å². The summed E-state index contributed by atoms with van der Waals surface area (Å²) in [6.45, 7) is 0.873. The van der Waals surface area contributed by atoms with Crippen molar-refractivity contribution in [1.82, 2.24) is 15.1 Å². The summed E-state index contributed by atoms with van der Waals surface area (Å²) < 4.78 is 17.2. The SMILES string of the molecule is COc1cc(C=CC(=O)NCCCn2ncccc2=O)cc(OC)c1OC. The molecule has 27 heavy (non-hydrogen) atoms. The first kappa shape index (κ1) is 20.0. The summed E-state index contributed by atoms with van der Waals surface area (Å²) in [6, 6.07) is 6.54. The maximum Gasteiger partial charge on any atom is 0.266 e. The van der Waals surface area contributed by atoms with Crippen molar-refractivity contribution in [1.29, 1.82) is 0 Å². The lowest BCUT2D eigenvalue weighted by Crippen LogP contribution is -2.26. The Bertz CT molecular complexity index is 835. The van der Waals surface area contributed by atoms with E-state index in [0.29, 0.717) is 36.8 Å². The summed E-state index contributed by atoms with van der Waals surface area (Å²) >= 11 is 0. The Kier molecular flexibility index (Phi) is 7.42. The zero-order valence-corrected chi connectivity index (χ0v) is 15.6. The second-order valence-corrected chi connectivity index (χ2v) is 5.52. The predicted molar refractivity (Wildman–Crippen MR) is 101 cm³/mol. The molecular formula is C19H23N3O5. The van der Waals surface area contributed by atoms with Gasteiger partial charge in [0.2, 0.25) is 11.7 Å². The number of nitrogens with zero attached hydrogens (tertiary/aromatic N) is 2. The number of amides is 1. The second kappa shape index (κ2) is 10.0. The van der Waals surface area contributed by atoms with Gasteiger partial charge in [0.15, 0.2) is 11.5 Å². The van der Waals surface area contributed by atoms with Gasteiger partial charge in [-0.1, -0.05) is 0 Å². The van der Waals surface area contributed by atoms with Gasteiger partial charge in [0.1, 0.15) is 0 Å². The highest BCUT2D eigenvalue weighted by Gasteiger charge is 2.12. The molecule has 0 saturated carbocycles. The van der Waals surface area contributed by atoms with E-state index >= 15 is 0 Å². The molecule has 0 radical (unpaired) electrons. The van der Waals surface area contributed by atoms with Crippen LogP contribution in [0, 0.1) is 0 Å². The van der Waals surface area contributed by atoms with Crippen LogP contribution in [0.2, 0.25) is 0 Å². The van der Waals surface area contributed by atoms with Crippen LogP contribution in [-0.2, 0) is 11.3 Å². The van der Waals surface area contributed by atoms with E-state index in [-0.39, 0.29) is 11.5 Å². The molecule has 1 heterocycles. The number of methoxy groups -OCH3 is 3. The summed E-state index contributed by atoms with van der Waals surface area (Å²) in [5.74, 6) is 1.28. The molecule has 1 aromatic heterocycles. The summed E-state index contributed by atoms with van der Waals surface area (Å²) in [5, 5.41) is 6.73. The number of hydrogen-bond donors (Lipinski definition) is 1. The number of carbonyl (C=O) groups excluding carboxylic acids is 1. The number of ether oxygens (including phenoxy) is 3. The topological polar surface area (TPSA) is 91.7 Å². The van der Waals surface area contributed by atoms with Crippen molar-refractivity contribution < 1.29 is 19.0 Å². The van der Waals surface area contributed by atoms with Crippen LogP contribution < -0.4 is 25.1 Å². The van der Waals surface area contributed by atoms with Crippen molar-refractivity contribution in [2.75, 3.05) is 27.9 Å². The van der Waals surface area contributed by atoms with Gasteiger partial charge in [-0.25, -0.2) is 4.68 Å². The Morgan fingerprint density at radius 3 is 2.48 bits per heavy atom. The third kappa shape index (κ3) is 5.60. The molecule has 2 rings (SSSR count). The van der Waals surface area contributed by atoms with E-state index < -0.39 is 0 Å². The van der Waals surface area contributed by atoms with Crippen molar-refractivity contribution in [3.63, 3.8) is 0 Å². The summed E-state index contributed by atoms with van der Waals surface area (Å²) in [4.78, 5) is 23.5. The quantitative estimate of drug-likeness (QED) is 0.529. The third-order valence-corrected chi connectivity index (χ3v) is 3.75. The molecule has 0 fully saturated rings. The van der Waals surface area contributed by atoms with E-state index in [0.717, 1.165) is 5.56 Å². The number of hydrogen-bond acceptors (Lipinski definition) is 6. The Hall–Kier alpha value is -3.29. The Morgan fingerprint density at radius 1 is 1.19 bits per heavy atom. The van der Waals surface area contributed by atoms with Crippen molar-refractivity contribution in [3.8, 4) is 17.2 Å². The lowest BCUT2D eigenvalue weighted by atomic mass is 10.1. The fraction of sp³-hybridized carbons (Fsp3) is 0.316. The first-order chi connectivity index (χ1) is 13.1. The van der Waals surface area contributed by atoms with Crippen LogP contribution in [0.15, 0.2) is 41.3 Å². The lowest BCUT2D eigenvalue weighted by Gasteiger charge is -2.12. The third-order valence-electron chi connectivity index (χ3n) is 3.75. The smallest absolute Gasteiger partial charge is 0.266 e. The zero-order valence-electron chi connectivity index (χ0n) is 15.6. The highest BCUT2D eigenvalue weighted by molar-refractivity contribution is 5.91. The van der Waals surface area contributed by atoms with Gasteiger partial charge in [-0.3, -0.25) is 9.59 Å². The summed E-state index contributed by atoms with van der Waals surface area (Å²) in [5.41, 5.74) is 0.575. The maximum atomic E-state index is 12.0. The number of aryl methyl sites for hydroxylation is 1. The average molecular weight is 373 g/mol. The van der Waals surface area contributed by atoms with Crippen LogP contribution in [0.1, 0.15) is 12.0 Å². The fourth-order valence-electron chi connectivity index (χ4n) is 2.42. The molecule has 0 aliphatic heterocycles. The summed E-state index contributed by atoms with van der Waals surface area (Å²) in [7, 11) is 4.59. The van der Waals surface area contributed by atoms with Gasteiger partial charge in [-0.15, -0.1) is 0 Å². The van der Waals surface area contributed by atoms with Crippen molar-refractivity contribution >= 4 is 12.0 Å². The van der Waals surface area contributed by atoms with E-state index in [9.17, 15) is 9.59 Å². The van der Waals surface area contributed by atoms with Crippen LogP contribution in [0.3, 0.4) is 0 Å². The van der Waals surface area contributed by atoms with E-state index in [1.807, 2.05) is 0 Å². The van der Waals surface area contributed by atoms with E-state index in [4.69, 9.17) is 14.2 Å². The van der Waals surface area contributed by atoms with E-state index in [1.165, 1.54) is 38.2 Å². The minimum absolute atomic E-state index is 0.161. The molecular weight excluding hydrogens is 350 g/mol. The van der Waals surface area contributed by atoms with Gasteiger partial charge >= 0.3 is 0 Å². The molecule has 8 heteroatoms. The van der Waals surface area contributed by atoms with Gasteiger partial charge in [-0.05, 0) is 36.3 Å². The average Bonchev–Trinajstić information content (AvgIpc) is 2.69. The monoisotopic (exact) mass is 373 g/mol. The van der Waals surface area contributed by atoms with Crippen LogP contribution >= 0.6 is 0 Å². The van der Waals surface area contributed by atoms with Gasteiger partial charge < -0.3 is 19.5 Å². The minimum atomic E-state index is -0.239. The van der Waals surface area contributed by atoms with E-state index in [1.54, 1.807) is 30.5 Å². The summed E-state index contributed by atoms with van der Waals surface area (Å²) in [6.07, 6.45) is 5.23. The molecule has 8 nitrogen and oxygen atoms in total. The van der Waals surface area contributed by atoms with Crippen LogP contribution in [-0.4, -0.2) is 43.6 Å². The van der Waals surface area contributed by atoms with Crippen molar-refractivity contribution in [3.05, 3.63) is 52.5 Å². The van der Waals surface area contributed by atoms with Gasteiger partial charge in [0, 0.05) is 31.4 Å². The molecule has 1 amide bonds. The molecule has 1 aromatic carbocycles. The van der Waals surface area contributed by atoms with Crippen molar-refractivity contribution in [2.45, 2.75) is 13.0 Å². The first-order valence-corrected chi connectivity index (χ1v) is 8.37. The molecule has 0 spiro atoms. The van der Waals surface area contributed by atoms with Gasteiger partial charge in [0.05, 0.1) is 21.3 Å². The molecule has 0 bridgehead atoms. The second-order valence-electron chi connectivity index (χ2n) is 5.52. The number of nitrogens with one attached hydrogen (secondary N) is 1. The number of rotatable bonds is 9. The van der Waals surface area contributed by atoms with Crippen LogP contribution in [0.5, 0.6) is 17.2 Å². The number of carbonyl (C=O) groups is 1. The minimum Gasteiger partial charge on any atom is -0.493 e. The highest BCUT2D eigenvalue weighted by atomic mass is 16.5. The predicted octanol–water partition coefficient (Wildman–Crippen LogP) is 1.49. The first-order valence-electron chi connectivity index (χ1n) is 8.37. The molecule has 144 valence electrons. The van der Waals surface area contributed by atoms with Gasteiger partial charge in [0.25, 0.3) is 5.56 Å².